The lowest BCUT2D eigenvalue weighted by Crippen LogP contribution is -2.59. The number of amides is 3. The van der Waals surface area contributed by atoms with Gasteiger partial charge in [-0.05, 0) is 39.3 Å². The van der Waals surface area contributed by atoms with Crippen molar-refractivity contribution in [2.75, 3.05) is 24.6 Å². The molecule has 8 nitrogen and oxygen atoms in total. The molecule has 4 aliphatic rings. The first-order chi connectivity index (χ1) is 17.2. The van der Waals surface area contributed by atoms with Gasteiger partial charge in [0.1, 0.15) is 11.6 Å². The number of aliphatic hydroxyl groups is 1. The Bertz CT molecular complexity index is 1110. The number of carbonyl (C=O) groups is 3. The van der Waals surface area contributed by atoms with Crippen LogP contribution < -0.4 is 4.90 Å². The molecule has 0 aliphatic carbocycles. The highest BCUT2D eigenvalue weighted by Gasteiger charge is 2.75. The van der Waals surface area contributed by atoms with Crippen LogP contribution in [0.15, 0.2) is 54.6 Å². The molecule has 4 aliphatic heterocycles. The number of hydrogen-bond acceptors (Lipinski definition) is 5. The third-order valence-electron chi connectivity index (χ3n) is 8.29. The van der Waals surface area contributed by atoms with Gasteiger partial charge in [0.15, 0.2) is 0 Å². The first kappa shape index (κ1) is 24.7. The number of anilines is 1. The van der Waals surface area contributed by atoms with Crippen LogP contribution in [0.3, 0.4) is 0 Å². The molecule has 0 aromatic heterocycles. The summed E-state index contributed by atoms with van der Waals surface area (Å²) in [5.74, 6) is -2.44. The van der Waals surface area contributed by atoms with E-state index in [2.05, 4.69) is 0 Å². The molecule has 1 N–H and O–H groups in total. The minimum absolute atomic E-state index is 0.0833. The Kier molecular flexibility index (Phi) is 6.08. The van der Waals surface area contributed by atoms with Crippen molar-refractivity contribution in [2.24, 2.45) is 11.8 Å². The molecule has 192 valence electrons. The van der Waals surface area contributed by atoms with Gasteiger partial charge in [-0.25, -0.2) is 0 Å². The van der Waals surface area contributed by atoms with Crippen LogP contribution in [0.5, 0.6) is 0 Å². The molecule has 36 heavy (non-hydrogen) atoms. The SMILES string of the molecule is CC[C@@H](CO)N1C(=O)[C@@H]2[C@@H]3C(=O)N(c4ccccc4)CC=C[C@]3(C)O[C@@]23C=CCN(C(C)C)C(=O)C13. The quantitative estimate of drug-likeness (QED) is 0.635. The average Bonchev–Trinajstić information content (AvgIpc) is 3.12. The summed E-state index contributed by atoms with van der Waals surface area (Å²) in [5, 5.41) is 10.2. The molecular formula is C28H35N3O5. The first-order valence-corrected chi connectivity index (χ1v) is 12.9. The van der Waals surface area contributed by atoms with Crippen LogP contribution in [0.4, 0.5) is 5.69 Å². The Balaban J connectivity index is 1.67. The number of rotatable bonds is 5. The van der Waals surface area contributed by atoms with Crippen LogP contribution in [-0.4, -0.2) is 81.7 Å². The van der Waals surface area contributed by atoms with Crippen LogP contribution in [-0.2, 0) is 19.1 Å². The molecule has 5 rings (SSSR count). The maximum absolute atomic E-state index is 14.3. The van der Waals surface area contributed by atoms with Gasteiger partial charge >= 0.3 is 0 Å². The summed E-state index contributed by atoms with van der Waals surface area (Å²) in [6.45, 7) is 8.09. The smallest absolute Gasteiger partial charge is 0.249 e. The summed E-state index contributed by atoms with van der Waals surface area (Å²) in [5.41, 5.74) is -1.62. The standard InChI is InChI=1S/C28H35N3O5/c1-5-19(17-32)31-23-26(35)29(18(2)3)15-10-14-28(23)22(25(31)34)21-24(33)30(20-11-7-6-8-12-20)16-9-13-27(21,4)36-28/h6-14,18-19,21-23,32H,5,15-17H2,1-4H3/t19-,21+,22-,23?,27-,28-/m0/s1. The van der Waals surface area contributed by atoms with Crippen LogP contribution in [0.25, 0.3) is 0 Å². The largest absolute Gasteiger partial charge is 0.394 e. The number of benzene rings is 1. The van der Waals surface area contributed by atoms with Gasteiger partial charge in [-0.2, -0.15) is 0 Å². The number of para-hydroxylation sites is 1. The van der Waals surface area contributed by atoms with E-state index in [4.69, 9.17) is 4.74 Å². The molecule has 1 spiro atoms. The Morgan fingerprint density at radius 2 is 1.69 bits per heavy atom. The molecule has 0 saturated carbocycles. The zero-order valence-corrected chi connectivity index (χ0v) is 21.3. The topological polar surface area (TPSA) is 90.4 Å². The number of aliphatic hydroxyl groups excluding tert-OH is 1. The predicted molar refractivity (Wildman–Crippen MR) is 135 cm³/mol. The average molecular weight is 494 g/mol. The van der Waals surface area contributed by atoms with Crippen molar-refractivity contribution >= 4 is 23.4 Å². The Morgan fingerprint density at radius 1 is 1.00 bits per heavy atom. The van der Waals surface area contributed by atoms with Crippen molar-refractivity contribution in [3.05, 3.63) is 54.6 Å². The molecule has 1 aromatic carbocycles. The van der Waals surface area contributed by atoms with E-state index in [0.717, 1.165) is 5.69 Å². The molecule has 0 bridgehead atoms. The zero-order valence-electron chi connectivity index (χ0n) is 21.3. The number of carbonyl (C=O) groups excluding carboxylic acids is 3. The van der Waals surface area contributed by atoms with Gasteiger partial charge in [0.25, 0.3) is 0 Å². The van der Waals surface area contributed by atoms with Crippen LogP contribution in [0, 0.1) is 11.8 Å². The highest BCUT2D eigenvalue weighted by Crippen LogP contribution is 2.58. The maximum Gasteiger partial charge on any atom is 0.249 e. The summed E-state index contributed by atoms with van der Waals surface area (Å²) < 4.78 is 6.81. The molecular weight excluding hydrogens is 458 g/mol. The fourth-order valence-corrected chi connectivity index (χ4v) is 6.59. The van der Waals surface area contributed by atoms with E-state index in [0.29, 0.717) is 19.5 Å². The zero-order chi connectivity index (χ0) is 25.8. The van der Waals surface area contributed by atoms with Crippen molar-refractivity contribution in [1.82, 2.24) is 9.80 Å². The third-order valence-corrected chi connectivity index (χ3v) is 8.29. The lowest BCUT2D eigenvalue weighted by molar-refractivity contribution is -0.155. The van der Waals surface area contributed by atoms with Crippen LogP contribution in [0.2, 0.25) is 0 Å². The number of nitrogens with zero attached hydrogens (tertiary/aromatic N) is 3. The second-order valence-electron chi connectivity index (χ2n) is 10.7. The van der Waals surface area contributed by atoms with E-state index in [9.17, 15) is 19.5 Å². The highest BCUT2D eigenvalue weighted by atomic mass is 16.5. The van der Waals surface area contributed by atoms with Gasteiger partial charge in [0.2, 0.25) is 17.7 Å². The molecule has 1 unspecified atom stereocenters. The molecule has 4 heterocycles. The molecule has 2 saturated heterocycles. The van der Waals surface area contributed by atoms with Gasteiger partial charge in [-0.1, -0.05) is 49.4 Å². The normalized spacial score (nSPS) is 34.6. The van der Waals surface area contributed by atoms with Crippen molar-refractivity contribution < 1.29 is 24.2 Å². The van der Waals surface area contributed by atoms with Crippen molar-refractivity contribution in [2.45, 2.75) is 63.4 Å². The van der Waals surface area contributed by atoms with Crippen molar-refractivity contribution in [3.8, 4) is 0 Å². The predicted octanol–water partition coefficient (Wildman–Crippen LogP) is 2.14. The van der Waals surface area contributed by atoms with E-state index in [-0.39, 0.29) is 30.4 Å². The van der Waals surface area contributed by atoms with Crippen LogP contribution >= 0.6 is 0 Å². The molecule has 8 heteroatoms. The molecule has 3 amide bonds. The Labute approximate surface area is 212 Å². The summed E-state index contributed by atoms with van der Waals surface area (Å²) in [7, 11) is 0. The minimum Gasteiger partial charge on any atom is -0.394 e. The second-order valence-corrected chi connectivity index (χ2v) is 10.7. The monoisotopic (exact) mass is 493 g/mol. The molecule has 6 atom stereocenters. The van der Waals surface area contributed by atoms with Gasteiger partial charge in [-0.15, -0.1) is 0 Å². The molecule has 2 fully saturated rings. The maximum atomic E-state index is 14.3. The molecule has 0 radical (unpaired) electrons. The van der Waals surface area contributed by atoms with E-state index >= 15 is 0 Å². The van der Waals surface area contributed by atoms with E-state index < -0.39 is 35.1 Å². The molecule has 1 aromatic rings. The fourth-order valence-electron chi connectivity index (χ4n) is 6.59. The lowest BCUT2D eigenvalue weighted by Gasteiger charge is -2.40. The highest BCUT2D eigenvalue weighted by molar-refractivity contribution is 6.04. The van der Waals surface area contributed by atoms with Crippen molar-refractivity contribution in [3.63, 3.8) is 0 Å². The number of ether oxygens (including phenoxy) is 1. The first-order valence-electron chi connectivity index (χ1n) is 12.9. The second kappa shape index (κ2) is 8.85. The number of fused-ring (bicyclic) bond motifs is 2. The summed E-state index contributed by atoms with van der Waals surface area (Å²) >= 11 is 0. The minimum atomic E-state index is -1.31. The van der Waals surface area contributed by atoms with Gasteiger partial charge < -0.3 is 24.5 Å². The summed E-state index contributed by atoms with van der Waals surface area (Å²) in [6.07, 6.45) is 8.00. The van der Waals surface area contributed by atoms with Gasteiger partial charge in [-0.3, -0.25) is 14.4 Å². The van der Waals surface area contributed by atoms with E-state index in [1.807, 2.05) is 82.3 Å². The van der Waals surface area contributed by atoms with E-state index in [1.165, 1.54) is 4.90 Å². The fraction of sp³-hybridized carbons (Fsp3) is 0.536. The van der Waals surface area contributed by atoms with Gasteiger partial charge in [0.05, 0.1) is 30.1 Å². The third kappa shape index (κ3) is 3.38. The summed E-state index contributed by atoms with van der Waals surface area (Å²) in [6, 6.07) is 7.81. The van der Waals surface area contributed by atoms with Crippen LogP contribution in [0.1, 0.15) is 34.1 Å². The summed E-state index contributed by atoms with van der Waals surface area (Å²) in [4.78, 5) is 47.5. The Morgan fingerprint density at radius 3 is 2.33 bits per heavy atom. The number of likely N-dealkylation sites (tertiary alicyclic amines) is 1. The van der Waals surface area contributed by atoms with E-state index in [1.54, 1.807) is 9.80 Å². The van der Waals surface area contributed by atoms with Crippen molar-refractivity contribution in [1.29, 1.82) is 0 Å². The Hall–Kier alpha value is -2.97. The lowest BCUT2D eigenvalue weighted by atomic mass is 9.74. The van der Waals surface area contributed by atoms with Gasteiger partial charge in [0, 0.05) is 24.8 Å². The number of hydrogen-bond donors (Lipinski definition) is 1.